The third kappa shape index (κ3) is 3.83. The van der Waals surface area contributed by atoms with Gasteiger partial charge < -0.3 is 15.1 Å². The maximum atomic E-state index is 13.7. The molecule has 9 heteroatoms. The van der Waals surface area contributed by atoms with Gasteiger partial charge in [-0.15, -0.1) is 0 Å². The zero-order valence-electron chi connectivity index (χ0n) is 17.0. The summed E-state index contributed by atoms with van der Waals surface area (Å²) < 4.78 is 26.9. The largest absolute Gasteiger partial charge is 0.368 e. The molecule has 0 aromatic heterocycles. The highest BCUT2D eigenvalue weighted by Crippen LogP contribution is 2.30. The Labute approximate surface area is 178 Å². The molecule has 2 aliphatic rings. The van der Waals surface area contributed by atoms with Crippen molar-refractivity contribution in [1.82, 2.24) is 15.1 Å². The first-order valence-corrected chi connectivity index (χ1v) is 9.97. The Morgan fingerprint density at radius 3 is 2.32 bits per heavy atom. The molecular formula is C22H22F2N4O3. The van der Waals surface area contributed by atoms with Crippen LogP contribution in [0.3, 0.4) is 0 Å². The molecule has 0 radical (unpaired) electrons. The third-order valence-corrected chi connectivity index (χ3v) is 5.82. The first-order valence-electron chi connectivity index (χ1n) is 9.97. The van der Waals surface area contributed by atoms with Gasteiger partial charge in [-0.2, -0.15) is 0 Å². The van der Waals surface area contributed by atoms with Gasteiger partial charge in [0.15, 0.2) is 11.6 Å². The van der Waals surface area contributed by atoms with Crippen LogP contribution in [-0.4, -0.2) is 60.4 Å². The molecule has 0 aliphatic carbocycles. The van der Waals surface area contributed by atoms with E-state index in [-0.39, 0.29) is 11.5 Å². The van der Waals surface area contributed by atoms with Crippen molar-refractivity contribution in [2.24, 2.45) is 0 Å². The van der Waals surface area contributed by atoms with E-state index in [9.17, 15) is 23.2 Å². The van der Waals surface area contributed by atoms with E-state index in [2.05, 4.69) is 10.2 Å². The average Bonchev–Trinajstić information content (AvgIpc) is 3.00. The van der Waals surface area contributed by atoms with Crippen molar-refractivity contribution < 1.29 is 23.2 Å². The number of halogens is 2. The summed E-state index contributed by atoms with van der Waals surface area (Å²) in [5, 5.41) is 2.50. The van der Waals surface area contributed by atoms with Crippen LogP contribution in [0.1, 0.15) is 12.5 Å². The van der Waals surface area contributed by atoms with E-state index in [1.54, 1.807) is 4.90 Å². The number of carbonyl (C=O) groups excluding carboxylic acids is 3. The molecule has 0 bridgehead atoms. The summed E-state index contributed by atoms with van der Waals surface area (Å²) in [6.45, 7) is 3.22. The van der Waals surface area contributed by atoms with Crippen molar-refractivity contribution in [2.75, 3.05) is 37.6 Å². The lowest BCUT2D eigenvalue weighted by molar-refractivity contribution is -0.139. The Balaban J connectivity index is 1.41. The quantitative estimate of drug-likeness (QED) is 0.757. The van der Waals surface area contributed by atoms with Gasteiger partial charge >= 0.3 is 6.03 Å². The first-order chi connectivity index (χ1) is 14.8. The molecule has 2 aromatic rings. The number of amides is 4. The maximum Gasteiger partial charge on any atom is 0.325 e. The molecule has 4 amide bonds. The Morgan fingerprint density at radius 1 is 1.00 bits per heavy atom. The SMILES string of the molecule is C[C@]1(c2ccc(F)c(F)c2)NC(=O)N(CC(=O)N2CCN(c3ccccc3)CC2)C1=O. The number of rotatable bonds is 4. The van der Waals surface area contributed by atoms with Crippen molar-refractivity contribution in [3.05, 3.63) is 65.7 Å². The molecule has 0 unspecified atom stereocenters. The van der Waals surface area contributed by atoms with E-state index >= 15 is 0 Å². The molecule has 31 heavy (non-hydrogen) atoms. The van der Waals surface area contributed by atoms with Crippen LogP contribution in [-0.2, 0) is 15.1 Å². The molecule has 2 saturated heterocycles. The summed E-state index contributed by atoms with van der Waals surface area (Å²) >= 11 is 0. The van der Waals surface area contributed by atoms with Crippen LogP contribution in [0.2, 0.25) is 0 Å². The lowest BCUT2D eigenvalue weighted by atomic mass is 9.92. The van der Waals surface area contributed by atoms with Crippen LogP contribution in [0.15, 0.2) is 48.5 Å². The van der Waals surface area contributed by atoms with Crippen LogP contribution in [0.4, 0.5) is 19.3 Å². The zero-order chi connectivity index (χ0) is 22.2. The second-order valence-corrected chi connectivity index (χ2v) is 7.78. The summed E-state index contributed by atoms with van der Waals surface area (Å²) in [5.74, 6) is -3.19. The molecule has 0 spiro atoms. The number of nitrogens with one attached hydrogen (secondary N) is 1. The van der Waals surface area contributed by atoms with E-state index in [4.69, 9.17) is 0 Å². The normalized spacial score (nSPS) is 21.5. The standard InChI is InChI=1S/C22H22F2N4O3/c1-22(15-7-8-17(23)18(24)13-15)20(30)28(21(31)25-22)14-19(29)27-11-9-26(10-12-27)16-5-3-2-4-6-16/h2-8,13H,9-12,14H2,1H3,(H,25,31)/t22-/m1/s1. The molecule has 2 aromatic carbocycles. The van der Waals surface area contributed by atoms with E-state index in [1.165, 1.54) is 13.0 Å². The van der Waals surface area contributed by atoms with Gasteiger partial charge in [0.05, 0.1) is 0 Å². The Bertz CT molecular complexity index is 1020. The monoisotopic (exact) mass is 428 g/mol. The van der Waals surface area contributed by atoms with Crippen LogP contribution >= 0.6 is 0 Å². The molecular weight excluding hydrogens is 406 g/mol. The van der Waals surface area contributed by atoms with Gasteiger partial charge in [0.1, 0.15) is 12.1 Å². The molecule has 1 N–H and O–H groups in total. The Hall–Kier alpha value is -3.49. The number of anilines is 1. The fourth-order valence-electron chi connectivity index (χ4n) is 3.93. The molecule has 7 nitrogen and oxygen atoms in total. The Kier molecular flexibility index (Phi) is 5.34. The van der Waals surface area contributed by atoms with E-state index in [1.807, 2.05) is 30.3 Å². The van der Waals surface area contributed by atoms with Crippen LogP contribution in [0.5, 0.6) is 0 Å². The second kappa shape index (κ2) is 7.98. The van der Waals surface area contributed by atoms with Gasteiger partial charge in [0.25, 0.3) is 5.91 Å². The smallest absolute Gasteiger partial charge is 0.325 e. The lowest BCUT2D eigenvalue weighted by Gasteiger charge is -2.36. The van der Waals surface area contributed by atoms with Crippen LogP contribution in [0, 0.1) is 11.6 Å². The van der Waals surface area contributed by atoms with Gasteiger partial charge in [-0.1, -0.05) is 24.3 Å². The minimum Gasteiger partial charge on any atom is -0.368 e. The van der Waals surface area contributed by atoms with Gasteiger partial charge in [-0.25, -0.2) is 13.6 Å². The van der Waals surface area contributed by atoms with E-state index in [0.717, 1.165) is 22.7 Å². The van der Waals surface area contributed by atoms with Crippen molar-refractivity contribution in [1.29, 1.82) is 0 Å². The highest BCUT2D eigenvalue weighted by Gasteiger charge is 2.50. The Morgan fingerprint density at radius 2 is 1.68 bits per heavy atom. The predicted octanol–water partition coefficient (Wildman–Crippen LogP) is 2.08. The summed E-state index contributed by atoms with van der Waals surface area (Å²) in [4.78, 5) is 42.7. The number of nitrogens with zero attached hydrogens (tertiary/aromatic N) is 3. The number of hydrogen-bond acceptors (Lipinski definition) is 4. The van der Waals surface area contributed by atoms with E-state index in [0.29, 0.717) is 26.2 Å². The van der Waals surface area contributed by atoms with Crippen molar-refractivity contribution in [3.8, 4) is 0 Å². The summed E-state index contributed by atoms with van der Waals surface area (Å²) in [6, 6.07) is 12.1. The van der Waals surface area contributed by atoms with Gasteiger partial charge in [0.2, 0.25) is 5.91 Å². The summed E-state index contributed by atoms with van der Waals surface area (Å²) in [7, 11) is 0. The number of piperazine rings is 1. The molecule has 1 atom stereocenters. The number of hydrogen-bond donors (Lipinski definition) is 1. The van der Waals surface area contributed by atoms with Crippen molar-refractivity contribution in [3.63, 3.8) is 0 Å². The topological polar surface area (TPSA) is 73.0 Å². The van der Waals surface area contributed by atoms with Gasteiger partial charge in [-0.05, 0) is 36.8 Å². The molecule has 162 valence electrons. The fraction of sp³-hybridized carbons (Fsp3) is 0.318. The number of benzene rings is 2. The van der Waals surface area contributed by atoms with Gasteiger partial charge in [0, 0.05) is 31.9 Å². The molecule has 2 fully saturated rings. The molecule has 2 aliphatic heterocycles. The zero-order valence-corrected chi connectivity index (χ0v) is 17.0. The second-order valence-electron chi connectivity index (χ2n) is 7.78. The average molecular weight is 428 g/mol. The maximum absolute atomic E-state index is 13.7. The van der Waals surface area contributed by atoms with Crippen LogP contribution in [0.25, 0.3) is 0 Å². The minimum atomic E-state index is -1.57. The third-order valence-electron chi connectivity index (χ3n) is 5.82. The fourth-order valence-corrected chi connectivity index (χ4v) is 3.93. The summed E-state index contributed by atoms with van der Waals surface area (Å²) in [6.07, 6.45) is 0. The van der Waals surface area contributed by atoms with Crippen molar-refractivity contribution >= 4 is 23.5 Å². The van der Waals surface area contributed by atoms with Crippen molar-refractivity contribution in [2.45, 2.75) is 12.5 Å². The summed E-state index contributed by atoms with van der Waals surface area (Å²) in [5.41, 5.74) is -0.389. The minimum absolute atomic E-state index is 0.108. The highest BCUT2D eigenvalue weighted by atomic mass is 19.2. The highest BCUT2D eigenvalue weighted by molar-refractivity contribution is 6.09. The predicted molar refractivity (Wildman–Crippen MR) is 109 cm³/mol. The van der Waals surface area contributed by atoms with E-state index < -0.39 is 35.7 Å². The van der Waals surface area contributed by atoms with Crippen LogP contribution < -0.4 is 10.2 Å². The first kappa shape index (κ1) is 20.8. The number of carbonyl (C=O) groups is 3. The lowest BCUT2D eigenvalue weighted by Crippen LogP contribution is -2.52. The van der Waals surface area contributed by atoms with Gasteiger partial charge in [-0.3, -0.25) is 14.5 Å². The number of urea groups is 1. The molecule has 4 rings (SSSR count). The molecule has 2 heterocycles. The number of para-hydroxylation sites is 1. The molecule has 0 saturated carbocycles. The number of imide groups is 1.